The third-order valence-corrected chi connectivity index (χ3v) is 4.82. The summed E-state index contributed by atoms with van der Waals surface area (Å²) in [7, 11) is 0. The van der Waals surface area contributed by atoms with Gasteiger partial charge in [-0.25, -0.2) is 0 Å². The molecule has 0 N–H and O–H groups in total. The zero-order valence-corrected chi connectivity index (χ0v) is 14.8. The zero-order valence-electron chi connectivity index (χ0n) is 14.8. The molecular weight excluding hydrogens is 326 g/mol. The average molecular weight is 347 g/mol. The molecule has 132 valence electrons. The van der Waals surface area contributed by atoms with Crippen molar-refractivity contribution in [2.45, 2.75) is 32.9 Å². The second-order valence-electron chi connectivity index (χ2n) is 7.04. The van der Waals surface area contributed by atoms with Crippen molar-refractivity contribution >= 4 is 16.9 Å². The molecular formula is C22H21NO3. The molecule has 0 unspecified atom stereocenters. The monoisotopic (exact) mass is 347 g/mol. The van der Waals surface area contributed by atoms with E-state index in [0.29, 0.717) is 23.1 Å². The third-order valence-electron chi connectivity index (χ3n) is 4.82. The molecule has 4 nitrogen and oxygen atoms in total. The summed E-state index contributed by atoms with van der Waals surface area (Å²) in [4.78, 5) is 27.4. The number of carbonyl (C=O) groups is 1. The van der Waals surface area contributed by atoms with E-state index in [1.807, 2.05) is 55.5 Å². The summed E-state index contributed by atoms with van der Waals surface area (Å²) in [6.45, 7) is 2.72. The van der Waals surface area contributed by atoms with Crippen LogP contribution < -0.4 is 5.43 Å². The Labute approximate surface area is 152 Å². The number of benzene rings is 2. The van der Waals surface area contributed by atoms with E-state index in [2.05, 4.69) is 0 Å². The topological polar surface area (TPSA) is 50.5 Å². The van der Waals surface area contributed by atoms with Crippen LogP contribution in [0, 0.1) is 12.8 Å². The van der Waals surface area contributed by atoms with Crippen molar-refractivity contribution in [3.63, 3.8) is 0 Å². The molecule has 4 heteroatoms. The molecule has 1 fully saturated rings. The first-order chi connectivity index (χ1) is 12.6. The first-order valence-electron chi connectivity index (χ1n) is 8.95. The van der Waals surface area contributed by atoms with Crippen molar-refractivity contribution < 1.29 is 9.21 Å². The molecule has 1 aliphatic rings. The molecule has 3 aromatic rings. The lowest BCUT2D eigenvalue weighted by atomic mass is 10.1. The van der Waals surface area contributed by atoms with E-state index in [4.69, 9.17) is 4.42 Å². The summed E-state index contributed by atoms with van der Waals surface area (Å²) in [5.41, 5.74) is 3.11. The molecule has 0 saturated heterocycles. The van der Waals surface area contributed by atoms with E-state index < -0.39 is 0 Å². The maximum atomic E-state index is 12.9. The Morgan fingerprint density at radius 1 is 1.12 bits per heavy atom. The molecule has 1 aromatic heterocycles. The van der Waals surface area contributed by atoms with Crippen molar-refractivity contribution in [1.82, 2.24) is 4.90 Å². The van der Waals surface area contributed by atoms with Gasteiger partial charge < -0.3 is 9.32 Å². The molecule has 4 rings (SSSR count). The highest BCUT2D eigenvalue weighted by Gasteiger charge is 2.33. The fraction of sp³-hybridized carbons (Fsp3) is 0.273. The van der Waals surface area contributed by atoms with Crippen LogP contribution in [0.2, 0.25) is 0 Å². The van der Waals surface area contributed by atoms with E-state index in [1.165, 1.54) is 6.26 Å². The Morgan fingerprint density at radius 3 is 2.62 bits per heavy atom. The predicted octanol–water partition coefficient (Wildman–Crippen LogP) is 4.04. The summed E-state index contributed by atoms with van der Waals surface area (Å²) < 4.78 is 5.65. The average Bonchev–Trinajstić information content (AvgIpc) is 3.49. The summed E-state index contributed by atoms with van der Waals surface area (Å²) >= 11 is 0. The van der Waals surface area contributed by atoms with Crippen LogP contribution >= 0.6 is 0 Å². The minimum atomic E-state index is -0.0587. The Morgan fingerprint density at radius 2 is 1.88 bits per heavy atom. The highest BCUT2D eigenvalue weighted by Crippen LogP contribution is 2.32. The van der Waals surface area contributed by atoms with Crippen LogP contribution in [0.5, 0.6) is 0 Å². The Bertz CT molecular complexity index is 1000. The van der Waals surface area contributed by atoms with Gasteiger partial charge in [-0.05, 0) is 37.5 Å². The summed E-state index contributed by atoms with van der Waals surface area (Å²) in [6, 6.07) is 15.4. The maximum Gasteiger partial charge on any atom is 0.226 e. The normalized spacial score (nSPS) is 13.7. The molecule has 26 heavy (non-hydrogen) atoms. The van der Waals surface area contributed by atoms with Crippen LogP contribution in [0.3, 0.4) is 0 Å². The van der Waals surface area contributed by atoms with Crippen molar-refractivity contribution in [2.24, 2.45) is 5.92 Å². The van der Waals surface area contributed by atoms with E-state index >= 15 is 0 Å². The van der Waals surface area contributed by atoms with Gasteiger partial charge in [0.25, 0.3) is 0 Å². The predicted molar refractivity (Wildman–Crippen MR) is 101 cm³/mol. The molecule has 0 aliphatic heterocycles. The molecule has 0 spiro atoms. The van der Waals surface area contributed by atoms with Crippen LogP contribution in [0.4, 0.5) is 0 Å². The van der Waals surface area contributed by atoms with Crippen molar-refractivity contribution in [1.29, 1.82) is 0 Å². The number of aryl methyl sites for hydroxylation is 1. The lowest BCUT2D eigenvalue weighted by Crippen LogP contribution is -2.33. The maximum absolute atomic E-state index is 12.9. The number of hydrogen-bond acceptors (Lipinski definition) is 3. The van der Waals surface area contributed by atoms with Gasteiger partial charge in [0.1, 0.15) is 5.58 Å². The van der Waals surface area contributed by atoms with Gasteiger partial charge in [0.05, 0.1) is 23.8 Å². The van der Waals surface area contributed by atoms with Gasteiger partial charge in [-0.2, -0.15) is 0 Å². The van der Waals surface area contributed by atoms with Crippen LogP contribution in [-0.2, 0) is 17.9 Å². The van der Waals surface area contributed by atoms with Gasteiger partial charge >= 0.3 is 0 Å². The molecule has 0 radical (unpaired) electrons. The number of rotatable bonds is 5. The van der Waals surface area contributed by atoms with Gasteiger partial charge in [0.15, 0.2) is 5.43 Å². The second-order valence-corrected chi connectivity index (χ2v) is 7.04. The fourth-order valence-electron chi connectivity index (χ4n) is 3.20. The Balaban J connectivity index is 1.66. The summed E-state index contributed by atoms with van der Waals surface area (Å²) in [5, 5.41) is 0.570. The zero-order chi connectivity index (χ0) is 18.1. The smallest absolute Gasteiger partial charge is 0.226 e. The quantitative estimate of drug-likeness (QED) is 0.700. The molecule has 0 bridgehead atoms. The number of fused-ring (bicyclic) bond motifs is 1. The van der Waals surface area contributed by atoms with Gasteiger partial charge in [0, 0.05) is 12.5 Å². The largest absolute Gasteiger partial charge is 0.464 e. The Hall–Kier alpha value is -2.88. The van der Waals surface area contributed by atoms with Crippen molar-refractivity contribution in [3.8, 4) is 0 Å². The lowest BCUT2D eigenvalue weighted by molar-refractivity contribution is -0.133. The van der Waals surface area contributed by atoms with Crippen LogP contribution in [0.1, 0.15) is 29.5 Å². The fourth-order valence-corrected chi connectivity index (χ4v) is 3.20. The number of carbonyl (C=O) groups excluding carboxylic acids is 1. The van der Waals surface area contributed by atoms with Crippen LogP contribution in [0.15, 0.2) is 64.0 Å². The molecule has 1 heterocycles. The molecule has 1 saturated carbocycles. The van der Waals surface area contributed by atoms with Crippen LogP contribution in [-0.4, -0.2) is 10.8 Å². The summed E-state index contributed by atoms with van der Waals surface area (Å²) in [6.07, 6.45) is 3.38. The van der Waals surface area contributed by atoms with Gasteiger partial charge in [0.2, 0.25) is 5.91 Å². The lowest BCUT2D eigenvalue weighted by Gasteiger charge is -2.22. The summed E-state index contributed by atoms with van der Waals surface area (Å²) in [5.74, 6) is 0.228. The minimum Gasteiger partial charge on any atom is -0.464 e. The van der Waals surface area contributed by atoms with E-state index in [0.717, 1.165) is 24.0 Å². The Kier molecular flexibility index (Phi) is 4.33. The second kappa shape index (κ2) is 6.79. The van der Waals surface area contributed by atoms with E-state index in [-0.39, 0.29) is 23.8 Å². The number of nitrogens with zero attached hydrogens (tertiary/aromatic N) is 1. The van der Waals surface area contributed by atoms with Gasteiger partial charge in [-0.3, -0.25) is 9.59 Å². The number of amides is 1. The van der Waals surface area contributed by atoms with E-state index in [9.17, 15) is 9.59 Å². The van der Waals surface area contributed by atoms with E-state index in [1.54, 1.807) is 4.90 Å². The first kappa shape index (κ1) is 16.6. The van der Waals surface area contributed by atoms with Crippen molar-refractivity contribution in [3.05, 3.63) is 81.7 Å². The highest BCUT2D eigenvalue weighted by atomic mass is 16.3. The first-order valence-corrected chi connectivity index (χ1v) is 8.95. The highest BCUT2D eigenvalue weighted by molar-refractivity contribution is 5.81. The number of hydrogen-bond donors (Lipinski definition) is 0. The van der Waals surface area contributed by atoms with Crippen molar-refractivity contribution in [2.75, 3.05) is 0 Å². The minimum absolute atomic E-state index is 0.0587. The molecule has 2 aromatic carbocycles. The molecule has 1 amide bonds. The molecule has 1 aliphatic carbocycles. The SMILES string of the molecule is Cc1ccc2occ(CN(Cc3ccccc3)C(=O)C3CC3)c(=O)c2c1. The third kappa shape index (κ3) is 3.40. The molecule has 0 atom stereocenters. The standard InChI is InChI=1S/C22H21NO3/c1-15-7-10-20-19(11-15)21(24)18(14-26-20)13-23(22(25)17-8-9-17)12-16-5-3-2-4-6-16/h2-7,10-11,14,17H,8-9,12-13H2,1H3. The van der Waals surface area contributed by atoms with Gasteiger partial charge in [-0.15, -0.1) is 0 Å². The van der Waals surface area contributed by atoms with Gasteiger partial charge in [-0.1, -0.05) is 42.0 Å². The van der Waals surface area contributed by atoms with Crippen LogP contribution in [0.25, 0.3) is 11.0 Å².